The Hall–Kier alpha value is -0.890. The summed E-state index contributed by atoms with van der Waals surface area (Å²) in [7, 11) is 0. The molecule has 1 aromatic heterocycles. The number of aromatic amines is 1. The minimum absolute atomic E-state index is 0.0786. The number of alkyl halides is 3. The van der Waals surface area contributed by atoms with Gasteiger partial charge in [-0.1, -0.05) is 11.3 Å². The van der Waals surface area contributed by atoms with Crippen LogP contribution in [0.15, 0.2) is 0 Å². The zero-order valence-corrected chi connectivity index (χ0v) is 7.44. The molecule has 1 rings (SSSR count). The van der Waals surface area contributed by atoms with Crippen LogP contribution in [0.1, 0.15) is 9.67 Å². The Balaban J connectivity index is 3.17. The molecule has 0 unspecified atom stereocenters. The number of nitrogens with one attached hydrogen (secondary N) is 1. The Morgan fingerprint density at radius 1 is 1.54 bits per heavy atom. The summed E-state index contributed by atoms with van der Waals surface area (Å²) in [5.41, 5.74) is 0. The molecule has 0 atom stereocenters. The molecule has 0 aliphatic heterocycles. The number of hydrogen-bond acceptors (Lipinski definition) is 4. The van der Waals surface area contributed by atoms with Gasteiger partial charge in [-0.15, -0.1) is 0 Å². The van der Waals surface area contributed by atoms with Gasteiger partial charge in [-0.25, -0.2) is 0 Å². The normalized spacial score (nSPS) is 11.6. The lowest BCUT2D eigenvalue weighted by Gasteiger charge is -2.01. The molecule has 0 amide bonds. The Bertz CT molecular complexity index is 391. The molecule has 0 bridgehead atoms. The average Bonchev–Trinajstić information content (AvgIpc) is 2.26. The van der Waals surface area contributed by atoms with Crippen molar-refractivity contribution in [1.29, 1.82) is 0 Å². The summed E-state index contributed by atoms with van der Waals surface area (Å²) < 4.78 is 35.4. The molecule has 0 aromatic carbocycles. The molecule has 8 heteroatoms. The second-order valence-electron chi connectivity index (χ2n) is 2.02. The highest BCUT2D eigenvalue weighted by molar-refractivity contribution is 7.73. The van der Waals surface area contributed by atoms with E-state index in [1.165, 1.54) is 0 Å². The molecular weight excluding hydrogens is 227 g/mol. The SMILES string of the molecule is O=C(c1sc(=S)[nH]c1O)C(F)(F)F. The highest BCUT2D eigenvalue weighted by atomic mass is 32.1. The number of aromatic nitrogens is 1. The van der Waals surface area contributed by atoms with Gasteiger partial charge in [0, 0.05) is 0 Å². The number of thiazole rings is 1. The lowest BCUT2D eigenvalue weighted by Crippen LogP contribution is -2.21. The molecule has 2 N–H and O–H groups in total. The van der Waals surface area contributed by atoms with Gasteiger partial charge in [0.05, 0.1) is 0 Å². The van der Waals surface area contributed by atoms with E-state index in [0.29, 0.717) is 11.3 Å². The van der Waals surface area contributed by atoms with Crippen molar-refractivity contribution < 1.29 is 23.1 Å². The van der Waals surface area contributed by atoms with Gasteiger partial charge < -0.3 is 10.1 Å². The number of halogens is 3. The molecule has 0 saturated carbocycles. The topological polar surface area (TPSA) is 53.1 Å². The van der Waals surface area contributed by atoms with E-state index >= 15 is 0 Å². The van der Waals surface area contributed by atoms with Gasteiger partial charge in [0.2, 0.25) is 5.88 Å². The van der Waals surface area contributed by atoms with Crippen molar-refractivity contribution in [1.82, 2.24) is 4.98 Å². The van der Waals surface area contributed by atoms with Crippen molar-refractivity contribution in [3.63, 3.8) is 0 Å². The Morgan fingerprint density at radius 3 is 2.38 bits per heavy atom. The Morgan fingerprint density at radius 2 is 2.08 bits per heavy atom. The van der Waals surface area contributed by atoms with Crippen molar-refractivity contribution in [3.8, 4) is 5.88 Å². The van der Waals surface area contributed by atoms with E-state index in [9.17, 15) is 18.0 Å². The molecule has 1 aromatic rings. The third-order valence-corrected chi connectivity index (χ3v) is 2.32. The summed E-state index contributed by atoms with van der Waals surface area (Å²) in [6, 6.07) is 0. The third kappa shape index (κ3) is 2.07. The van der Waals surface area contributed by atoms with Crippen LogP contribution in [0.3, 0.4) is 0 Å². The van der Waals surface area contributed by atoms with E-state index in [2.05, 4.69) is 12.2 Å². The second-order valence-corrected chi connectivity index (χ2v) is 3.71. The highest BCUT2D eigenvalue weighted by Gasteiger charge is 2.41. The maximum atomic E-state index is 11.8. The summed E-state index contributed by atoms with van der Waals surface area (Å²) in [5.74, 6) is -2.93. The summed E-state index contributed by atoms with van der Waals surface area (Å²) >= 11 is 4.83. The first-order valence-electron chi connectivity index (χ1n) is 2.86. The predicted molar refractivity (Wildman–Crippen MR) is 41.6 cm³/mol. The first kappa shape index (κ1) is 10.2. The third-order valence-electron chi connectivity index (χ3n) is 1.09. The number of rotatable bonds is 1. The average molecular weight is 229 g/mol. The van der Waals surface area contributed by atoms with Gasteiger partial charge in [0.1, 0.15) is 4.88 Å². The van der Waals surface area contributed by atoms with E-state index in [1.54, 1.807) is 0 Å². The quantitative estimate of drug-likeness (QED) is 0.573. The van der Waals surface area contributed by atoms with E-state index < -0.39 is 22.7 Å². The summed E-state index contributed by atoms with van der Waals surface area (Å²) in [6.45, 7) is 0. The van der Waals surface area contributed by atoms with Crippen molar-refractivity contribution in [2.75, 3.05) is 0 Å². The van der Waals surface area contributed by atoms with Crippen LogP contribution in [-0.2, 0) is 0 Å². The number of carbonyl (C=O) groups is 1. The zero-order valence-electron chi connectivity index (χ0n) is 5.81. The summed E-state index contributed by atoms with van der Waals surface area (Å²) in [6.07, 6.45) is -4.99. The molecule has 0 aliphatic rings. The van der Waals surface area contributed by atoms with Crippen LogP contribution < -0.4 is 0 Å². The molecule has 0 aliphatic carbocycles. The van der Waals surface area contributed by atoms with Crippen molar-refractivity contribution in [2.24, 2.45) is 0 Å². The van der Waals surface area contributed by atoms with Gasteiger partial charge in [0.25, 0.3) is 5.78 Å². The van der Waals surface area contributed by atoms with E-state index in [-0.39, 0.29) is 3.95 Å². The number of ketones is 1. The van der Waals surface area contributed by atoms with Gasteiger partial charge in [-0.05, 0) is 12.2 Å². The number of H-pyrrole nitrogens is 1. The number of hydrogen-bond donors (Lipinski definition) is 2. The van der Waals surface area contributed by atoms with E-state index in [0.717, 1.165) is 0 Å². The predicted octanol–water partition coefficient (Wildman–Crippen LogP) is 2.26. The fourth-order valence-corrected chi connectivity index (χ4v) is 1.64. The van der Waals surface area contributed by atoms with Crippen LogP contribution in [-0.4, -0.2) is 22.1 Å². The largest absolute Gasteiger partial charge is 0.493 e. The molecule has 0 radical (unpaired) electrons. The lowest BCUT2D eigenvalue weighted by molar-refractivity contribution is -0.0884. The second kappa shape index (κ2) is 3.11. The molecule has 0 saturated heterocycles. The summed E-state index contributed by atoms with van der Waals surface area (Å²) in [5, 5.41) is 8.83. The maximum Gasteiger partial charge on any atom is 0.455 e. The van der Waals surface area contributed by atoms with Crippen LogP contribution in [0.2, 0.25) is 0 Å². The van der Waals surface area contributed by atoms with Crippen molar-refractivity contribution >= 4 is 29.3 Å². The van der Waals surface area contributed by atoms with Crippen LogP contribution >= 0.6 is 23.6 Å². The van der Waals surface area contributed by atoms with E-state index in [1.807, 2.05) is 4.98 Å². The Kier molecular flexibility index (Phi) is 2.44. The standard InChI is InChI=1S/C5H2F3NO2S2/c6-5(7,8)2(10)1-3(11)9-4(12)13-1/h11H,(H,9,12). The Labute approximate surface area is 78.8 Å². The van der Waals surface area contributed by atoms with Crippen LogP contribution in [0.5, 0.6) is 5.88 Å². The van der Waals surface area contributed by atoms with Gasteiger partial charge in [0.15, 0.2) is 3.95 Å². The molecule has 0 fully saturated rings. The highest BCUT2D eigenvalue weighted by Crippen LogP contribution is 2.29. The number of Topliss-reactive ketones (excluding diaryl/α,β-unsaturated/α-hetero) is 1. The molecule has 13 heavy (non-hydrogen) atoms. The van der Waals surface area contributed by atoms with Crippen molar-refractivity contribution in [2.45, 2.75) is 6.18 Å². The number of carbonyl (C=O) groups excluding carboxylic acids is 1. The summed E-state index contributed by atoms with van der Waals surface area (Å²) in [4.78, 5) is 11.8. The first-order valence-corrected chi connectivity index (χ1v) is 4.08. The molecule has 72 valence electrons. The molecule has 0 spiro atoms. The minimum Gasteiger partial charge on any atom is -0.493 e. The van der Waals surface area contributed by atoms with Crippen molar-refractivity contribution in [3.05, 3.63) is 8.83 Å². The number of aromatic hydroxyl groups is 1. The fraction of sp³-hybridized carbons (Fsp3) is 0.200. The van der Waals surface area contributed by atoms with Crippen LogP contribution in [0.25, 0.3) is 0 Å². The molecular formula is C5H2F3NO2S2. The maximum absolute atomic E-state index is 11.8. The smallest absolute Gasteiger partial charge is 0.455 e. The van der Waals surface area contributed by atoms with Crippen LogP contribution in [0, 0.1) is 3.95 Å². The minimum atomic E-state index is -4.99. The fourth-order valence-electron chi connectivity index (χ4n) is 0.603. The molecule has 1 heterocycles. The zero-order chi connectivity index (χ0) is 10.2. The lowest BCUT2D eigenvalue weighted by atomic mass is 10.3. The van der Waals surface area contributed by atoms with E-state index in [4.69, 9.17) is 5.11 Å². The first-order chi connectivity index (χ1) is 5.82. The van der Waals surface area contributed by atoms with Gasteiger partial charge in [-0.2, -0.15) is 13.2 Å². The van der Waals surface area contributed by atoms with Crippen LogP contribution in [0.4, 0.5) is 13.2 Å². The van der Waals surface area contributed by atoms with Gasteiger partial charge >= 0.3 is 6.18 Å². The van der Waals surface area contributed by atoms with Gasteiger partial charge in [-0.3, -0.25) is 4.79 Å². The monoisotopic (exact) mass is 229 g/mol. The molecule has 3 nitrogen and oxygen atoms in total.